The summed E-state index contributed by atoms with van der Waals surface area (Å²) in [7, 11) is 0. The summed E-state index contributed by atoms with van der Waals surface area (Å²) in [6.07, 6.45) is 1.79. The number of benzene rings is 1. The average Bonchev–Trinajstić information content (AvgIpc) is 2.49. The number of hydrogen-bond donors (Lipinski definition) is 1. The number of rotatable bonds is 6. The van der Waals surface area contributed by atoms with Crippen molar-refractivity contribution in [1.82, 2.24) is 9.88 Å². The van der Waals surface area contributed by atoms with Gasteiger partial charge in [0.2, 0.25) is 0 Å². The monoisotopic (exact) mass is 348 g/mol. The number of carbonyl (C=O) groups is 1. The molecular formula is C16H17BrN2O2. The van der Waals surface area contributed by atoms with Crippen molar-refractivity contribution in [2.24, 2.45) is 0 Å². The molecule has 5 heteroatoms. The van der Waals surface area contributed by atoms with Gasteiger partial charge in [0.15, 0.2) is 0 Å². The Bertz CT molecular complexity index is 617. The maximum absolute atomic E-state index is 10.9. The molecule has 1 N–H and O–H groups in total. The lowest BCUT2D eigenvalue weighted by atomic mass is 10.1. The summed E-state index contributed by atoms with van der Waals surface area (Å²) in [6.45, 7) is 4.50. The Hall–Kier alpha value is -1.72. The second-order valence-electron chi connectivity index (χ2n) is 4.74. The fourth-order valence-corrected chi connectivity index (χ4v) is 2.55. The fourth-order valence-electron chi connectivity index (χ4n) is 2.05. The maximum Gasteiger partial charge on any atom is 0.335 e. The summed E-state index contributed by atoms with van der Waals surface area (Å²) < 4.78 is 0.821. The minimum atomic E-state index is -0.914. The Morgan fingerprint density at radius 1 is 1.29 bits per heavy atom. The van der Waals surface area contributed by atoms with E-state index < -0.39 is 5.97 Å². The molecule has 0 unspecified atom stereocenters. The van der Waals surface area contributed by atoms with Gasteiger partial charge in [0.05, 0.1) is 11.3 Å². The summed E-state index contributed by atoms with van der Waals surface area (Å²) >= 11 is 3.45. The summed E-state index contributed by atoms with van der Waals surface area (Å²) in [6, 6.07) is 11.0. The Balaban J connectivity index is 2.10. The van der Waals surface area contributed by atoms with Gasteiger partial charge in [-0.05, 0) is 36.4 Å². The molecule has 0 saturated heterocycles. The molecule has 0 aliphatic carbocycles. The van der Waals surface area contributed by atoms with Crippen LogP contribution in [0.3, 0.4) is 0 Å². The van der Waals surface area contributed by atoms with Crippen LogP contribution in [0.1, 0.15) is 28.5 Å². The number of nitrogens with zero attached hydrogens (tertiary/aromatic N) is 2. The molecule has 0 amide bonds. The number of hydrogen-bond acceptors (Lipinski definition) is 3. The van der Waals surface area contributed by atoms with Gasteiger partial charge in [0, 0.05) is 23.8 Å². The topological polar surface area (TPSA) is 53.4 Å². The number of aromatic carboxylic acids is 1. The average molecular weight is 349 g/mol. The van der Waals surface area contributed by atoms with Gasteiger partial charge in [-0.15, -0.1) is 0 Å². The lowest BCUT2D eigenvalue weighted by Gasteiger charge is -2.20. The smallest absolute Gasteiger partial charge is 0.335 e. The third-order valence-corrected chi connectivity index (χ3v) is 3.99. The highest BCUT2D eigenvalue weighted by Gasteiger charge is 2.10. The molecule has 0 aliphatic rings. The van der Waals surface area contributed by atoms with E-state index in [0.29, 0.717) is 5.56 Å². The van der Waals surface area contributed by atoms with Crippen LogP contribution >= 0.6 is 15.9 Å². The van der Waals surface area contributed by atoms with Gasteiger partial charge >= 0.3 is 5.97 Å². The molecule has 0 atom stereocenters. The van der Waals surface area contributed by atoms with Gasteiger partial charge in [0.25, 0.3) is 0 Å². The Kier molecular flexibility index (Phi) is 5.47. The molecule has 2 aromatic rings. The Labute approximate surface area is 132 Å². The highest BCUT2D eigenvalue weighted by atomic mass is 79.9. The molecule has 0 radical (unpaired) electrons. The van der Waals surface area contributed by atoms with Crippen molar-refractivity contribution in [3.8, 4) is 0 Å². The summed E-state index contributed by atoms with van der Waals surface area (Å²) in [5.74, 6) is -0.914. The van der Waals surface area contributed by atoms with E-state index in [1.54, 1.807) is 18.3 Å². The number of halogens is 1. The van der Waals surface area contributed by atoms with Crippen LogP contribution in [0.5, 0.6) is 0 Å². The molecule has 1 aromatic carbocycles. The summed E-state index contributed by atoms with van der Waals surface area (Å²) in [5.41, 5.74) is 2.38. The van der Waals surface area contributed by atoms with Crippen molar-refractivity contribution in [1.29, 1.82) is 0 Å². The largest absolute Gasteiger partial charge is 0.478 e. The number of aromatic nitrogens is 1. The highest BCUT2D eigenvalue weighted by molar-refractivity contribution is 9.10. The molecule has 1 heterocycles. The maximum atomic E-state index is 10.9. The second-order valence-corrected chi connectivity index (χ2v) is 5.59. The molecule has 21 heavy (non-hydrogen) atoms. The van der Waals surface area contributed by atoms with Gasteiger partial charge in [-0.25, -0.2) is 4.79 Å². The molecular weight excluding hydrogens is 332 g/mol. The van der Waals surface area contributed by atoms with Crippen LogP contribution in [0.15, 0.2) is 47.1 Å². The van der Waals surface area contributed by atoms with Gasteiger partial charge in [-0.3, -0.25) is 9.88 Å². The molecule has 0 aliphatic heterocycles. The molecule has 0 saturated carbocycles. The molecule has 110 valence electrons. The zero-order chi connectivity index (χ0) is 15.2. The SMILES string of the molecule is CCN(Cc1ccccn1)Cc1ccc(C(=O)O)cc1Br. The van der Waals surface area contributed by atoms with Gasteiger partial charge in [-0.2, -0.15) is 0 Å². The predicted molar refractivity (Wildman–Crippen MR) is 85.1 cm³/mol. The molecule has 0 fully saturated rings. The zero-order valence-electron chi connectivity index (χ0n) is 11.8. The number of carboxylic acid groups (broad SMARTS) is 1. The minimum absolute atomic E-state index is 0.290. The van der Waals surface area contributed by atoms with Gasteiger partial charge in [0.1, 0.15) is 0 Å². The van der Waals surface area contributed by atoms with Crippen LogP contribution in [0.2, 0.25) is 0 Å². The third kappa shape index (κ3) is 4.37. The molecule has 0 spiro atoms. The van der Waals surface area contributed by atoms with Crippen molar-refractivity contribution >= 4 is 21.9 Å². The van der Waals surface area contributed by atoms with Crippen molar-refractivity contribution in [3.63, 3.8) is 0 Å². The first-order valence-corrected chi connectivity index (χ1v) is 7.53. The van der Waals surface area contributed by atoms with Crippen LogP contribution in [0.25, 0.3) is 0 Å². The van der Waals surface area contributed by atoms with E-state index in [-0.39, 0.29) is 0 Å². The van der Waals surface area contributed by atoms with Crippen molar-refractivity contribution < 1.29 is 9.90 Å². The Morgan fingerprint density at radius 3 is 2.67 bits per heavy atom. The van der Waals surface area contributed by atoms with E-state index in [0.717, 1.165) is 35.4 Å². The lowest BCUT2D eigenvalue weighted by Crippen LogP contribution is -2.23. The van der Waals surface area contributed by atoms with E-state index in [1.807, 2.05) is 24.3 Å². The highest BCUT2D eigenvalue weighted by Crippen LogP contribution is 2.21. The van der Waals surface area contributed by atoms with Crippen molar-refractivity contribution in [2.45, 2.75) is 20.0 Å². The standard InChI is InChI=1S/C16H17BrN2O2/c1-2-19(11-14-5-3-4-8-18-14)10-13-7-6-12(16(20)21)9-15(13)17/h3-9H,2,10-11H2,1H3,(H,20,21). The van der Waals surface area contributed by atoms with Crippen LogP contribution in [-0.4, -0.2) is 27.5 Å². The van der Waals surface area contributed by atoms with Crippen LogP contribution in [-0.2, 0) is 13.1 Å². The molecule has 0 bridgehead atoms. The quantitative estimate of drug-likeness (QED) is 0.866. The minimum Gasteiger partial charge on any atom is -0.478 e. The van der Waals surface area contributed by atoms with Crippen LogP contribution in [0, 0.1) is 0 Å². The van der Waals surface area contributed by atoms with Crippen LogP contribution < -0.4 is 0 Å². The zero-order valence-corrected chi connectivity index (χ0v) is 13.4. The first-order valence-electron chi connectivity index (χ1n) is 6.74. The Morgan fingerprint density at radius 2 is 2.10 bits per heavy atom. The normalized spacial score (nSPS) is 10.8. The molecule has 1 aromatic heterocycles. The first kappa shape index (κ1) is 15.7. The molecule has 2 rings (SSSR count). The van der Waals surface area contributed by atoms with Crippen LogP contribution in [0.4, 0.5) is 0 Å². The van der Waals surface area contributed by atoms with E-state index in [4.69, 9.17) is 5.11 Å². The summed E-state index contributed by atoms with van der Waals surface area (Å²) in [4.78, 5) is 17.5. The van der Waals surface area contributed by atoms with E-state index in [9.17, 15) is 4.79 Å². The van der Waals surface area contributed by atoms with E-state index >= 15 is 0 Å². The summed E-state index contributed by atoms with van der Waals surface area (Å²) in [5, 5.41) is 8.98. The van der Waals surface area contributed by atoms with Gasteiger partial charge < -0.3 is 5.11 Å². The second kappa shape index (κ2) is 7.33. The van der Waals surface area contributed by atoms with E-state index in [2.05, 4.69) is 32.7 Å². The fraction of sp³-hybridized carbons (Fsp3) is 0.250. The predicted octanol–water partition coefficient (Wildman–Crippen LogP) is 3.56. The van der Waals surface area contributed by atoms with Crippen molar-refractivity contribution in [3.05, 3.63) is 63.9 Å². The molecule has 4 nitrogen and oxygen atoms in total. The first-order chi connectivity index (χ1) is 10.1. The van der Waals surface area contributed by atoms with E-state index in [1.165, 1.54) is 0 Å². The van der Waals surface area contributed by atoms with Crippen molar-refractivity contribution in [2.75, 3.05) is 6.54 Å². The van der Waals surface area contributed by atoms with Gasteiger partial charge in [-0.1, -0.05) is 35.0 Å². The third-order valence-electron chi connectivity index (χ3n) is 3.25. The number of carboxylic acids is 1. The lowest BCUT2D eigenvalue weighted by molar-refractivity contribution is 0.0697. The number of pyridine rings is 1.